The van der Waals surface area contributed by atoms with Crippen LogP contribution < -0.4 is 5.73 Å². The summed E-state index contributed by atoms with van der Waals surface area (Å²) in [6.07, 6.45) is 1.26. The number of hydrogen-bond acceptors (Lipinski definition) is 3. The van der Waals surface area contributed by atoms with E-state index in [-0.39, 0.29) is 5.82 Å². The number of halogens is 1. The van der Waals surface area contributed by atoms with Crippen LogP contribution in [0.3, 0.4) is 0 Å². The predicted octanol–water partition coefficient (Wildman–Crippen LogP) is 2.08. The highest BCUT2D eigenvalue weighted by Gasteiger charge is 2.10. The molecule has 3 N–H and O–H groups in total. The molecule has 0 saturated carbocycles. The third-order valence-corrected chi connectivity index (χ3v) is 2.59. The van der Waals surface area contributed by atoms with Crippen molar-refractivity contribution in [3.05, 3.63) is 59.5 Å². The minimum Gasteiger partial charge on any atom is -0.388 e. The van der Waals surface area contributed by atoms with Gasteiger partial charge in [0.15, 0.2) is 0 Å². The summed E-state index contributed by atoms with van der Waals surface area (Å²) < 4.78 is 12.7. The second-order valence-electron chi connectivity index (χ2n) is 3.82. The number of nitrogen functional groups attached to an aromatic ring is 1. The fourth-order valence-electron chi connectivity index (χ4n) is 1.63. The zero-order chi connectivity index (χ0) is 12.3. The van der Waals surface area contributed by atoms with E-state index >= 15 is 0 Å². The molecular weight excluding hydrogens is 219 g/mol. The Kier molecular flexibility index (Phi) is 3.35. The summed E-state index contributed by atoms with van der Waals surface area (Å²) in [5.74, 6) is 0.0931. The highest BCUT2D eigenvalue weighted by Crippen LogP contribution is 2.20. The average molecular weight is 232 g/mol. The van der Waals surface area contributed by atoms with Crippen molar-refractivity contribution in [2.45, 2.75) is 12.5 Å². The zero-order valence-corrected chi connectivity index (χ0v) is 9.18. The van der Waals surface area contributed by atoms with Crippen LogP contribution in [-0.4, -0.2) is 10.1 Å². The highest BCUT2D eigenvalue weighted by atomic mass is 19.1. The van der Waals surface area contributed by atoms with Crippen LogP contribution in [0.15, 0.2) is 42.6 Å². The molecular formula is C13H13FN2O. The summed E-state index contributed by atoms with van der Waals surface area (Å²) in [6.45, 7) is 0. The van der Waals surface area contributed by atoms with E-state index in [1.807, 2.05) is 6.07 Å². The van der Waals surface area contributed by atoms with Gasteiger partial charge in [-0.15, -0.1) is 0 Å². The fourth-order valence-corrected chi connectivity index (χ4v) is 1.63. The van der Waals surface area contributed by atoms with Crippen molar-refractivity contribution in [1.29, 1.82) is 0 Å². The molecule has 0 aliphatic rings. The van der Waals surface area contributed by atoms with Gasteiger partial charge < -0.3 is 10.8 Å². The fraction of sp³-hybridized carbons (Fsp3) is 0.154. The first-order valence-corrected chi connectivity index (χ1v) is 5.29. The van der Waals surface area contributed by atoms with Crippen molar-refractivity contribution in [3.8, 4) is 0 Å². The second-order valence-corrected chi connectivity index (χ2v) is 3.82. The molecule has 4 heteroatoms. The molecule has 0 aliphatic heterocycles. The van der Waals surface area contributed by atoms with Crippen molar-refractivity contribution >= 4 is 5.82 Å². The number of rotatable bonds is 3. The molecule has 1 heterocycles. The van der Waals surface area contributed by atoms with Crippen molar-refractivity contribution < 1.29 is 9.50 Å². The number of nitrogens with two attached hydrogens (primary N) is 1. The molecule has 2 rings (SSSR count). The third kappa shape index (κ3) is 2.79. The van der Waals surface area contributed by atoms with E-state index < -0.39 is 6.10 Å². The summed E-state index contributed by atoms with van der Waals surface area (Å²) >= 11 is 0. The standard InChI is InChI=1S/C13H13FN2O/c14-11-5-3-9(4-6-11)12(17)8-10-2-1-7-16-13(10)15/h1-7,12,17H,8H2,(H2,15,16). The molecule has 2 aromatic rings. The lowest BCUT2D eigenvalue weighted by Crippen LogP contribution is -2.05. The summed E-state index contributed by atoms with van der Waals surface area (Å²) in [7, 11) is 0. The number of anilines is 1. The zero-order valence-electron chi connectivity index (χ0n) is 9.18. The van der Waals surface area contributed by atoms with Gasteiger partial charge >= 0.3 is 0 Å². The maximum absolute atomic E-state index is 12.7. The Morgan fingerprint density at radius 2 is 1.94 bits per heavy atom. The molecule has 0 saturated heterocycles. The molecule has 0 aliphatic carbocycles. The van der Waals surface area contributed by atoms with Gasteiger partial charge in [0.25, 0.3) is 0 Å². The van der Waals surface area contributed by atoms with Crippen LogP contribution in [0, 0.1) is 5.82 Å². The van der Waals surface area contributed by atoms with E-state index in [0.29, 0.717) is 17.8 Å². The molecule has 0 spiro atoms. The van der Waals surface area contributed by atoms with E-state index in [9.17, 15) is 9.50 Å². The molecule has 0 bridgehead atoms. The Bertz CT molecular complexity index is 499. The lowest BCUT2D eigenvalue weighted by molar-refractivity contribution is 0.178. The summed E-state index contributed by atoms with van der Waals surface area (Å²) in [4.78, 5) is 3.95. The number of hydrogen-bond donors (Lipinski definition) is 2. The predicted molar refractivity (Wildman–Crippen MR) is 63.7 cm³/mol. The number of aliphatic hydroxyl groups excluding tert-OH is 1. The molecule has 0 radical (unpaired) electrons. The number of benzene rings is 1. The van der Waals surface area contributed by atoms with Crippen LogP contribution in [-0.2, 0) is 6.42 Å². The van der Waals surface area contributed by atoms with E-state index in [0.717, 1.165) is 5.56 Å². The molecule has 0 amide bonds. The third-order valence-electron chi connectivity index (χ3n) is 2.59. The van der Waals surface area contributed by atoms with Crippen molar-refractivity contribution in [2.24, 2.45) is 0 Å². The molecule has 1 atom stereocenters. The van der Waals surface area contributed by atoms with Gasteiger partial charge in [-0.25, -0.2) is 9.37 Å². The van der Waals surface area contributed by atoms with E-state index in [2.05, 4.69) is 4.98 Å². The first-order valence-electron chi connectivity index (χ1n) is 5.29. The quantitative estimate of drug-likeness (QED) is 0.851. The Morgan fingerprint density at radius 1 is 1.24 bits per heavy atom. The van der Waals surface area contributed by atoms with Crippen molar-refractivity contribution in [2.75, 3.05) is 5.73 Å². The number of pyridine rings is 1. The number of nitrogens with zero attached hydrogens (tertiary/aromatic N) is 1. The van der Waals surface area contributed by atoms with E-state index in [4.69, 9.17) is 5.73 Å². The normalized spacial score (nSPS) is 12.4. The summed E-state index contributed by atoms with van der Waals surface area (Å²) in [5.41, 5.74) is 7.13. The largest absolute Gasteiger partial charge is 0.388 e. The Morgan fingerprint density at radius 3 is 2.59 bits per heavy atom. The SMILES string of the molecule is Nc1ncccc1CC(O)c1ccc(F)cc1. The van der Waals surface area contributed by atoms with Crippen molar-refractivity contribution in [1.82, 2.24) is 4.98 Å². The molecule has 1 aromatic heterocycles. The highest BCUT2D eigenvalue weighted by molar-refractivity contribution is 5.39. The molecule has 1 unspecified atom stereocenters. The first kappa shape index (κ1) is 11.5. The van der Waals surface area contributed by atoms with Gasteiger partial charge in [0.1, 0.15) is 11.6 Å². The van der Waals surface area contributed by atoms with Crippen LogP contribution >= 0.6 is 0 Å². The van der Waals surface area contributed by atoms with Crippen molar-refractivity contribution in [3.63, 3.8) is 0 Å². The summed E-state index contributed by atoms with van der Waals surface area (Å²) in [5, 5.41) is 9.98. The Balaban J connectivity index is 2.14. The minimum absolute atomic E-state index is 0.318. The average Bonchev–Trinajstić information content (AvgIpc) is 2.33. The van der Waals surface area contributed by atoms with Crippen LogP contribution in [0.5, 0.6) is 0 Å². The van der Waals surface area contributed by atoms with Crippen LogP contribution in [0.4, 0.5) is 10.2 Å². The van der Waals surface area contributed by atoms with Gasteiger partial charge in [-0.2, -0.15) is 0 Å². The monoisotopic (exact) mass is 232 g/mol. The number of aromatic nitrogens is 1. The van der Waals surface area contributed by atoms with Crippen LogP contribution in [0.1, 0.15) is 17.2 Å². The van der Waals surface area contributed by atoms with Gasteiger partial charge in [-0.05, 0) is 29.3 Å². The van der Waals surface area contributed by atoms with Gasteiger partial charge in [0, 0.05) is 12.6 Å². The topological polar surface area (TPSA) is 59.1 Å². The lowest BCUT2D eigenvalue weighted by Gasteiger charge is -2.12. The maximum Gasteiger partial charge on any atom is 0.126 e. The molecule has 3 nitrogen and oxygen atoms in total. The maximum atomic E-state index is 12.7. The summed E-state index contributed by atoms with van der Waals surface area (Å²) in [6, 6.07) is 9.35. The Labute approximate surface area is 98.7 Å². The van der Waals surface area contributed by atoms with Gasteiger partial charge in [0.2, 0.25) is 0 Å². The minimum atomic E-state index is -0.706. The molecule has 0 fully saturated rings. The smallest absolute Gasteiger partial charge is 0.126 e. The van der Waals surface area contributed by atoms with E-state index in [1.165, 1.54) is 12.1 Å². The lowest BCUT2D eigenvalue weighted by atomic mass is 10.0. The van der Waals surface area contributed by atoms with E-state index in [1.54, 1.807) is 24.4 Å². The second kappa shape index (κ2) is 4.93. The van der Waals surface area contributed by atoms with Crippen LogP contribution in [0.2, 0.25) is 0 Å². The van der Waals surface area contributed by atoms with Crippen LogP contribution in [0.25, 0.3) is 0 Å². The molecule has 1 aromatic carbocycles. The van der Waals surface area contributed by atoms with Gasteiger partial charge in [-0.1, -0.05) is 18.2 Å². The van der Waals surface area contributed by atoms with Gasteiger partial charge in [-0.3, -0.25) is 0 Å². The number of aliphatic hydroxyl groups is 1. The van der Waals surface area contributed by atoms with Gasteiger partial charge in [0.05, 0.1) is 6.10 Å². The first-order chi connectivity index (χ1) is 8.16. The molecule has 17 heavy (non-hydrogen) atoms. The Hall–Kier alpha value is -1.94. The molecule has 88 valence electrons.